The number of aromatic nitrogens is 2. The molecule has 0 amide bonds. The van der Waals surface area contributed by atoms with Gasteiger partial charge in [0.25, 0.3) is 0 Å². The van der Waals surface area contributed by atoms with Crippen LogP contribution in [0.25, 0.3) is 22.5 Å². The van der Waals surface area contributed by atoms with Crippen LogP contribution in [0.5, 0.6) is 0 Å². The fraction of sp³-hybridized carbons (Fsp3) is 0.333. The number of hydrogen-bond donors (Lipinski definition) is 0. The normalized spacial score (nSPS) is 10.8. The van der Waals surface area contributed by atoms with Crippen LogP contribution in [0.1, 0.15) is 50.2 Å². The van der Waals surface area contributed by atoms with E-state index in [1.807, 2.05) is 12.4 Å². The maximum atomic E-state index is 4.57. The van der Waals surface area contributed by atoms with Gasteiger partial charge in [0.15, 0.2) is 5.82 Å². The molecule has 3 aromatic rings. The fourth-order valence-corrected chi connectivity index (χ4v) is 3.12. The minimum atomic E-state index is 0.801. The zero-order valence-corrected chi connectivity index (χ0v) is 15.9. The van der Waals surface area contributed by atoms with E-state index in [-0.39, 0.29) is 0 Å². The zero-order valence-electron chi connectivity index (χ0n) is 15.9. The number of rotatable bonds is 8. The second-order valence-corrected chi connectivity index (χ2v) is 7.02. The molecule has 0 radical (unpaired) electrons. The summed E-state index contributed by atoms with van der Waals surface area (Å²) in [7, 11) is 0. The topological polar surface area (TPSA) is 25.8 Å². The maximum absolute atomic E-state index is 4.57. The summed E-state index contributed by atoms with van der Waals surface area (Å²) >= 11 is 0. The molecular weight excluding hydrogens is 316 g/mol. The first-order chi connectivity index (χ1) is 12.8. The Hall–Kier alpha value is -2.48. The molecule has 26 heavy (non-hydrogen) atoms. The van der Waals surface area contributed by atoms with Crippen LogP contribution in [0, 0.1) is 6.92 Å². The third-order valence-electron chi connectivity index (χ3n) is 4.80. The van der Waals surface area contributed by atoms with E-state index in [4.69, 9.17) is 0 Å². The van der Waals surface area contributed by atoms with Gasteiger partial charge in [0.1, 0.15) is 0 Å². The largest absolute Gasteiger partial charge is 0.236 e. The van der Waals surface area contributed by atoms with Gasteiger partial charge < -0.3 is 0 Å². The monoisotopic (exact) mass is 344 g/mol. The highest BCUT2D eigenvalue weighted by atomic mass is 14.9. The zero-order chi connectivity index (χ0) is 18.2. The van der Waals surface area contributed by atoms with Crippen molar-refractivity contribution >= 4 is 0 Å². The SMILES string of the molecule is CCCCCCCc1cnc(-c2ccc(-c3ccc(C)cc3)cc2)nc1. The second-order valence-electron chi connectivity index (χ2n) is 7.02. The Bertz CT molecular complexity index is 787. The Morgan fingerprint density at radius 1 is 0.654 bits per heavy atom. The van der Waals surface area contributed by atoms with E-state index in [2.05, 4.69) is 72.3 Å². The molecule has 0 aliphatic carbocycles. The van der Waals surface area contributed by atoms with Crippen LogP contribution in [-0.4, -0.2) is 9.97 Å². The lowest BCUT2D eigenvalue weighted by molar-refractivity contribution is 0.631. The van der Waals surface area contributed by atoms with Crippen molar-refractivity contribution in [2.75, 3.05) is 0 Å². The van der Waals surface area contributed by atoms with Crippen molar-refractivity contribution in [1.29, 1.82) is 0 Å². The molecule has 0 bridgehead atoms. The van der Waals surface area contributed by atoms with Gasteiger partial charge >= 0.3 is 0 Å². The summed E-state index contributed by atoms with van der Waals surface area (Å²) < 4.78 is 0. The summed E-state index contributed by atoms with van der Waals surface area (Å²) in [4.78, 5) is 9.13. The van der Waals surface area contributed by atoms with Crippen molar-refractivity contribution in [3.8, 4) is 22.5 Å². The van der Waals surface area contributed by atoms with Crippen molar-refractivity contribution in [3.63, 3.8) is 0 Å². The smallest absolute Gasteiger partial charge is 0.159 e. The van der Waals surface area contributed by atoms with Gasteiger partial charge in [-0.25, -0.2) is 9.97 Å². The third-order valence-corrected chi connectivity index (χ3v) is 4.80. The predicted octanol–water partition coefficient (Wildman–Crippen LogP) is 6.63. The summed E-state index contributed by atoms with van der Waals surface area (Å²) in [6, 6.07) is 17.1. The molecule has 3 rings (SSSR count). The van der Waals surface area contributed by atoms with Crippen molar-refractivity contribution in [3.05, 3.63) is 72.1 Å². The van der Waals surface area contributed by atoms with Gasteiger partial charge in [0.05, 0.1) is 0 Å². The van der Waals surface area contributed by atoms with Gasteiger partial charge in [-0.2, -0.15) is 0 Å². The molecule has 0 N–H and O–H groups in total. The molecule has 1 aromatic heterocycles. The Morgan fingerprint density at radius 2 is 1.19 bits per heavy atom. The maximum Gasteiger partial charge on any atom is 0.159 e. The standard InChI is InChI=1S/C24H28N2/c1-3-4-5-6-7-8-20-17-25-24(26-18-20)23-15-13-22(14-16-23)21-11-9-19(2)10-12-21/h9-18H,3-8H2,1-2H3. The highest BCUT2D eigenvalue weighted by Gasteiger charge is 2.03. The van der Waals surface area contributed by atoms with E-state index < -0.39 is 0 Å². The van der Waals surface area contributed by atoms with Gasteiger partial charge in [0, 0.05) is 18.0 Å². The number of aryl methyl sites for hydroxylation is 2. The van der Waals surface area contributed by atoms with Crippen molar-refractivity contribution in [1.82, 2.24) is 9.97 Å². The van der Waals surface area contributed by atoms with Crippen LogP contribution in [0.2, 0.25) is 0 Å². The summed E-state index contributed by atoms with van der Waals surface area (Å²) in [5.74, 6) is 0.801. The molecule has 1 heterocycles. The van der Waals surface area contributed by atoms with E-state index in [0.29, 0.717) is 0 Å². The average Bonchev–Trinajstić information content (AvgIpc) is 2.69. The minimum Gasteiger partial charge on any atom is -0.236 e. The van der Waals surface area contributed by atoms with Crippen LogP contribution in [0.15, 0.2) is 60.9 Å². The van der Waals surface area contributed by atoms with Crippen molar-refractivity contribution in [2.45, 2.75) is 52.4 Å². The highest BCUT2D eigenvalue weighted by Crippen LogP contribution is 2.23. The summed E-state index contributed by atoms with van der Waals surface area (Å²) in [5, 5.41) is 0. The van der Waals surface area contributed by atoms with Crippen molar-refractivity contribution in [2.24, 2.45) is 0 Å². The first-order valence-electron chi connectivity index (χ1n) is 9.74. The Kier molecular flexibility index (Phi) is 6.54. The number of nitrogens with zero attached hydrogens (tertiary/aromatic N) is 2. The Balaban J connectivity index is 1.61. The first kappa shape index (κ1) is 18.3. The molecule has 0 fully saturated rings. The quantitative estimate of drug-likeness (QED) is 0.428. The number of unbranched alkanes of at least 4 members (excludes halogenated alkanes) is 4. The van der Waals surface area contributed by atoms with Gasteiger partial charge in [0.2, 0.25) is 0 Å². The highest BCUT2D eigenvalue weighted by molar-refractivity contribution is 5.67. The minimum absolute atomic E-state index is 0.801. The molecule has 0 aliphatic heterocycles. The van der Waals surface area contributed by atoms with E-state index in [1.54, 1.807) is 0 Å². The van der Waals surface area contributed by atoms with Gasteiger partial charge in [-0.15, -0.1) is 0 Å². The molecule has 0 unspecified atom stereocenters. The molecule has 0 aliphatic rings. The van der Waals surface area contributed by atoms with Crippen molar-refractivity contribution < 1.29 is 0 Å². The first-order valence-corrected chi connectivity index (χ1v) is 9.74. The molecule has 2 aromatic carbocycles. The van der Waals surface area contributed by atoms with Crippen LogP contribution in [-0.2, 0) is 6.42 Å². The lowest BCUT2D eigenvalue weighted by atomic mass is 10.0. The Morgan fingerprint density at radius 3 is 1.81 bits per heavy atom. The van der Waals surface area contributed by atoms with Gasteiger partial charge in [-0.1, -0.05) is 86.7 Å². The van der Waals surface area contributed by atoms with E-state index >= 15 is 0 Å². The lowest BCUT2D eigenvalue weighted by Crippen LogP contribution is -1.93. The molecule has 134 valence electrons. The van der Waals surface area contributed by atoms with E-state index in [0.717, 1.165) is 17.8 Å². The molecule has 0 atom stereocenters. The van der Waals surface area contributed by atoms with Crippen LogP contribution in [0.4, 0.5) is 0 Å². The lowest BCUT2D eigenvalue weighted by Gasteiger charge is -2.06. The summed E-state index contributed by atoms with van der Waals surface area (Å²) in [5.41, 5.74) is 6.04. The number of benzene rings is 2. The molecule has 0 saturated heterocycles. The summed E-state index contributed by atoms with van der Waals surface area (Å²) in [6.07, 6.45) is 11.5. The molecule has 2 nitrogen and oxygen atoms in total. The Labute approximate surface area is 157 Å². The molecule has 2 heteroatoms. The van der Waals surface area contributed by atoms with Crippen LogP contribution >= 0.6 is 0 Å². The molecule has 0 saturated carbocycles. The van der Waals surface area contributed by atoms with E-state index in [9.17, 15) is 0 Å². The number of hydrogen-bond acceptors (Lipinski definition) is 2. The van der Waals surface area contributed by atoms with Crippen LogP contribution in [0.3, 0.4) is 0 Å². The fourth-order valence-electron chi connectivity index (χ4n) is 3.12. The third kappa shape index (κ3) is 5.01. The second kappa shape index (κ2) is 9.28. The van der Waals surface area contributed by atoms with E-state index in [1.165, 1.54) is 54.4 Å². The predicted molar refractivity (Wildman–Crippen MR) is 110 cm³/mol. The molecule has 0 spiro atoms. The van der Waals surface area contributed by atoms with Crippen LogP contribution < -0.4 is 0 Å². The summed E-state index contributed by atoms with van der Waals surface area (Å²) in [6.45, 7) is 4.36. The van der Waals surface area contributed by atoms with Gasteiger partial charge in [-0.3, -0.25) is 0 Å². The van der Waals surface area contributed by atoms with Gasteiger partial charge in [-0.05, 0) is 36.5 Å². The average molecular weight is 345 g/mol. The molecular formula is C24H28N2.